The van der Waals surface area contributed by atoms with Gasteiger partial charge >= 0.3 is 0 Å². The molecule has 0 radical (unpaired) electrons. The van der Waals surface area contributed by atoms with Gasteiger partial charge in [0.05, 0.1) is 11.1 Å². The lowest BCUT2D eigenvalue weighted by Crippen LogP contribution is -2.44. The van der Waals surface area contributed by atoms with Crippen LogP contribution in [0.1, 0.15) is 31.2 Å². The average molecular weight is 313 g/mol. The van der Waals surface area contributed by atoms with Crippen molar-refractivity contribution in [2.45, 2.75) is 32.6 Å². The van der Waals surface area contributed by atoms with E-state index in [4.69, 9.17) is 0 Å². The molecule has 1 amide bonds. The fourth-order valence-electron chi connectivity index (χ4n) is 3.66. The normalized spacial score (nSPS) is 27.6. The van der Waals surface area contributed by atoms with Gasteiger partial charge in [0.15, 0.2) is 0 Å². The summed E-state index contributed by atoms with van der Waals surface area (Å²) < 4.78 is 13.9. The van der Waals surface area contributed by atoms with E-state index < -0.39 is 0 Å². The quantitative estimate of drug-likeness (QED) is 0.880. The second kappa shape index (κ2) is 6.32. The fourth-order valence-corrected chi connectivity index (χ4v) is 3.66. The third kappa shape index (κ3) is 2.92. The number of halogens is 2. The maximum absolute atomic E-state index is 13.9. The van der Waals surface area contributed by atoms with Crippen molar-refractivity contribution in [2.75, 3.05) is 18.4 Å². The molecular weight excluding hydrogens is 291 g/mol. The number of hydrogen-bond acceptors (Lipinski definition) is 2. The number of anilines is 1. The van der Waals surface area contributed by atoms with Gasteiger partial charge in [-0.15, -0.1) is 12.4 Å². The maximum Gasteiger partial charge on any atom is 0.232 e. The number of carbonyl (C=O) groups excluding carboxylic acids is 1. The van der Waals surface area contributed by atoms with Crippen LogP contribution in [-0.2, 0) is 4.79 Å². The number of rotatable bonds is 2. The number of carbonyl (C=O) groups is 1. The van der Waals surface area contributed by atoms with Crippen LogP contribution in [0.2, 0.25) is 0 Å². The Morgan fingerprint density at radius 2 is 2.24 bits per heavy atom. The number of benzene rings is 1. The molecule has 1 saturated heterocycles. The number of hydrogen-bond donors (Lipinski definition) is 2. The van der Waals surface area contributed by atoms with Crippen LogP contribution in [0.3, 0.4) is 0 Å². The molecular formula is C16H22ClFN2O. The highest BCUT2D eigenvalue weighted by molar-refractivity contribution is 5.96. The molecule has 2 aliphatic rings. The summed E-state index contributed by atoms with van der Waals surface area (Å²) in [6.45, 7) is 3.46. The Hall–Kier alpha value is -1.13. The Labute approximate surface area is 131 Å². The first-order valence-corrected chi connectivity index (χ1v) is 7.40. The molecule has 1 heterocycles. The van der Waals surface area contributed by atoms with Crippen molar-refractivity contribution in [3.8, 4) is 0 Å². The predicted molar refractivity (Wildman–Crippen MR) is 84.3 cm³/mol. The average Bonchev–Trinajstić information content (AvgIpc) is 2.87. The highest BCUT2D eigenvalue weighted by atomic mass is 35.5. The minimum absolute atomic E-state index is 0. The summed E-state index contributed by atoms with van der Waals surface area (Å²) in [5.74, 6) is 0.0211. The monoisotopic (exact) mass is 312 g/mol. The van der Waals surface area contributed by atoms with Gasteiger partial charge in [0.1, 0.15) is 5.82 Å². The van der Waals surface area contributed by atoms with E-state index in [1.54, 1.807) is 6.07 Å². The van der Waals surface area contributed by atoms with E-state index in [-0.39, 0.29) is 29.5 Å². The third-order valence-electron chi connectivity index (χ3n) is 4.86. The summed E-state index contributed by atoms with van der Waals surface area (Å²) in [5, 5.41) is 6.16. The van der Waals surface area contributed by atoms with Crippen LogP contribution in [0.4, 0.5) is 10.1 Å². The number of amides is 1. The van der Waals surface area contributed by atoms with Crippen LogP contribution in [0, 0.1) is 24.1 Å². The van der Waals surface area contributed by atoms with Gasteiger partial charge in [-0.2, -0.15) is 0 Å². The SMILES string of the molecule is Cc1ccc(NC(=O)[C@@]23CCCC[C@H]2CNC3)c(F)c1.Cl. The highest BCUT2D eigenvalue weighted by Crippen LogP contribution is 2.44. The standard InChI is InChI=1S/C16H21FN2O.ClH/c1-11-5-6-14(13(17)8-11)19-15(20)16-7-3-2-4-12(16)9-18-10-16;/h5-6,8,12,18H,2-4,7,9-10H2,1H3,(H,19,20);1H/t12-,16+;/m0./s1. The number of nitrogens with one attached hydrogen (secondary N) is 2. The van der Waals surface area contributed by atoms with E-state index in [0.717, 1.165) is 37.9 Å². The summed E-state index contributed by atoms with van der Waals surface area (Å²) in [5.41, 5.74) is 0.818. The molecule has 0 bridgehead atoms. The Kier molecular flexibility index (Phi) is 4.89. The Morgan fingerprint density at radius 3 is 3.00 bits per heavy atom. The molecule has 3 rings (SSSR count). The molecule has 0 aromatic heterocycles. The van der Waals surface area contributed by atoms with Gasteiger partial charge in [-0.3, -0.25) is 4.79 Å². The zero-order valence-corrected chi connectivity index (χ0v) is 13.1. The molecule has 1 aromatic carbocycles. The minimum atomic E-state index is -0.354. The van der Waals surface area contributed by atoms with E-state index in [0.29, 0.717) is 11.6 Å². The van der Waals surface area contributed by atoms with E-state index in [1.165, 1.54) is 12.5 Å². The fraction of sp³-hybridized carbons (Fsp3) is 0.562. The predicted octanol–water partition coefficient (Wildman–Crippen LogP) is 3.27. The Morgan fingerprint density at radius 1 is 1.43 bits per heavy atom. The lowest BCUT2D eigenvalue weighted by Gasteiger charge is -2.37. The van der Waals surface area contributed by atoms with E-state index in [2.05, 4.69) is 10.6 Å². The topological polar surface area (TPSA) is 41.1 Å². The van der Waals surface area contributed by atoms with Gasteiger partial charge in [-0.1, -0.05) is 18.9 Å². The smallest absolute Gasteiger partial charge is 0.232 e. The van der Waals surface area contributed by atoms with Crippen molar-refractivity contribution >= 4 is 24.0 Å². The van der Waals surface area contributed by atoms with Gasteiger partial charge in [0.25, 0.3) is 0 Å². The molecule has 0 spiro atoms. The summed E-state index contributed by atoms with van der Waals surface area (Å²) >= 11 is 0. The van der Waals surface area contributed by atoms with Gasteiger partial charge in [-0.05, 0) is 49.9 Å². The lowest BCUT2D eigenvalue weighted by atomic mass is 9.67. The van der Waals surface area contributed by atoms with Crippen molar-refractivity contribution in [1.29, 1.82) is 0 Å². The molecule has 1 aliphatic carbocycles. The molecule has 1 aromatic rings. The maximum atomic E-state index is 13.9. The minimum Gasteiger partial charge on any atom is -0.323 e. The molecule has 21 heavy (non-hydrogen) atoms. The number of aryl methyl sites for hydroxylation is 1. The van der Waals surface area contributed by atoms with Crippen molar-refractivity contribution < 1.29 is 9.18 Å². The summed E-state index contributed by atoms with van der Waals surface area (Å²) in [4.78, 5) is 12.7. The summed E-state index contributed by atoms with van der Waals surface area (Å²) in [6, 6.07) is 4.93. The molecule has 3 nitrogen and oxygen atoms in total. The molecule has 2 atom stereocenters. The Balaban J connectivity index is 0.00000161. The molecule has 1 saturated carbocycles. The molecule has 5 heteroatoms. The van der Waals surface area contributed by atoms with E-state index in [9.17, 15) is 9.18 Å². The lowest BCUT2D eigenvalue weighted by molar-refractivity contribution is -0.128. The van der Waals surface area contributed by atoms with Crippen LogP contribution < -0.4 is 10.6 Å². The number of fused-ring (bicyclic) bond motifs is 1. The van der Waals surface area contributed by atoms with Gasteiger partial charge in [0.2, 0.25) is 5.91 Å². The van der Waals surface area contributed by atoms with Crippen LogP contribution in [-0.4, -0.2) is 19.0 Å². The molecule has 116 valence electrons. The van der Waals surface area contributed by atoms with Gasteiger partial charge < -0.3 is 10.6 Å². The molecule has 0 unspecified atom stereocenters. The van der Waals surface area contributed by atoms with Crippen molar-refractivity contribution in [1.82, 2.24) is 5.32 Å². The van der Waals surface area contributed by atoms with Crippen molar-refractivity contribution in [3.05, 3.63) is 29.6 Å². The summed E-state index contributed by atoms with van der Waals surface area (Å²) in [6.07, 6.45) is 4.28. The first-order valence-electron chi connectivity index (χ1n) is 7.40. The largest absolute Gasteiger partial charge is 0.323 e. The Bertz CT molecular complexity index is 537. The van der Waals surface area contributed by atoms with Gasteiger partial charge in [-0.25, -0.2) is 4.39 Å². The molecule has 1 aliphatic heterocycles. The zero-order chi connectivity index (χ0) is 14.2. The van der Waals surface area contributed by atoms with Gasteiger partial charge in [0, 0.05) is 6.54 Å². The first-order chi connectivity index (χ1) is 9.62. The second-order valence-corrected chi connectivity index (χ2v) is 6.17. The van der Waals surface area contributed by atoms with E-state index >= 15 is 0 Å². The highest BCUT2D eigenvalue weighted by Gasteiger charge is 2.49. The molecule has 2 fully saturated rings. The van der Waals surface area contributed by atoms with Crippen LogP contribution in [0.5, 0.6) is 0 Å². The summed E-state index contributed by atoms with van der Waals surface area (Å²) in [7, 11) is 0. The van der Waals surface area contributed by atoms with Crippen LogP contribution >= 0.6 is 12.4 Å². The van der Waals surface area contributed by atoms with Crippen LogP contribution in [0.15, 0.2) is 18.2 Å². The van der Waals surface area contributed by atoms with Crippen molar-refractivity contribution in [3.63, 3.8) is 0 Å². The zero-order valence-electron chi connectivity index (χ0n) is 12.2. The second-order valence-electron chi connectivity index (χ2n) is 6.17. The molecule has 2 N–H and O–H groups in total. The first kappa shape index (κ1) is 16.2. The van der Waals surface area contributed by atoms with Crippen LogP contribution in [0.25, 0.3) is 0 Å². The third-order valence-corrected chi connectivity index (χ3v) is 4.86. The van der Waals surface area contributed by atoms with Crippen molar-refractivity contribution in [2.24, 2.45) is 11.3 Å². The van der Waals surface area contributed by atoms with E-state index in [1.807, 2.05) is 13.0 Å².